The highest BCUT2D eigenvalue weighted by molar-refractivity contribution is 6.03. The maximum absolute atomic E-state index is 13.2. The lowest BCUT2D eigenvalue weighted by Gasteiger charge is -2.11. The van der Waals surface area contributed by atoms with Gasteiger partial charge in [-0.05, 0) is 55.3 Å². The minimum Gasteiger partial charge on any atom is -0.339 e. The summed E-state index contributed by atoms with van der Waals surface area (Å²) in [5, 5.41) is 13.7. The molecule has 3 rings (SSSR count). The van der Waals surface area contributed by atoms with Crippen LogP contribution in [0.25, 0.3) is 0 Å². The van der Waals surface area contributed by atoms with Crippen LogP contribution in [0.4, 0.5) is 21.6 Å². The molecule has 1 amide bonds. The number of nitrogens with zero attached hydrogens (tertiary/aromatic N) is 2. The number of nitrogens with one attached hydrogen (secondary N) is 2. The predicted molar refractivity (Wildman–Crippen MR) is 95.6 cm³/mol. The molecule has 2 aromatic carbocycles. The van der Waals surface area contributed by atoms with Crippen LogP contribution < -0.4 is 10.6 Å². The zero-order chi connectivity index (χ0) is 17.8. The van der Waals surface area contributed by atoms with Gasteiger partial charge in [0.05, 0.1) is 0 Å². The standard InChI is InChI=1S/C19H17FN4O/c1-12-5-3-6-13(2)18(12)22-19(25)16-9-10-17(24-23-16)21-15-8-4-7-14(20)11-15/h3-11H,1-2H3,(H,21,24)(H,22,25). The molecule has 0 fully saturated rings. The Morgan fingerprint density at radius 3 is 2.32 bits per heavy atom. The van der Waals surface area contributed by atoms with Gasteiger partial charge in [-0.3, -0.25) is 4.79 Å². The molecule has 6 heteroatoms. The molecule has 126 valence electrons. The first kappa shape index (κ1) is 16.6. The van der Waals surface area contributed by atoms with Crippen LogP contribution >= 0.6 is 0 Å². The number of carbonyl (C=O) groups excluding carboxylic acids is 1. The Hall–Kier alpha value is -3.28. The van der Waals surface area contributed by atoms with E-state index < -0.39 is 0 Å². The number of carbonyl (C=O) groups is 1. The smallest absolute Gasteiger partial charge is 0.276 e. The first-order valence-corrected chi connectivity index (χ1v) is 7.77. The molecule has 0 atom stereocenters. The largest absolute Gasteiger partial charge is 0.339 e. The molecule has 0 bridgehead atoms. The molecule has 0 unspecified atom stereocenters. The summed E-state index contributed by atoms with van der Waals surface area (Å²) in [6.45, 7) is 3.86. The summed E-state index contributed by atoms with van der Waals surface area (Å²) < 4.78 is 13.2. The second-order valence-electron chi connectivity index (χ2n) is 5.66. The van der Waals surface area contributed by atoms with Gasteiger partial charge in [0.2, 0.25) is 0 Å². The van der Waals surface area contributed by atoms with Gasteiger partial charge in [0.15, 0.2) is 11.5 Å². The van der Waals surface area contributed by atoms with Gasteiger partial charge in [-0.25, -0.2) is 4.39 Å². The van der Waals surface area contributed by atoms with Crippen molar-refractivity contribution in [1.82, 2.24) is 10.2 Å². The van der Waals surface area contributed by atoms with Gasteiger partial charge in [-0.15, -0.1) is 10.2 Å². The van der Waals surface area contributed by atoms with Crippen molar-refractivity contribution in [1.29, 1.82) is 0 Å². The third-order valence-corrected chi connectivity index (χ3v) is 3.71. The van der Waals surface area contributed by atoms with Crippen molar-refractivity contribution >= 4 is 23.1 Å². The topological polar surface area (TPSA) is 66.9 Å². The zero-order valence-corrected chi connectivity index (χ0v) is 13.9. The van der Waals surface area contributed by atoms with E-state index in [0.29, 0.717) is 11.5 Å². The minimum atomic E-state index is -0.345. The number of aromatic nitrogens is 2. The second kappa shape index (κ2) is 7.09. The van der Waals surface area contributed by atoms with Gasteiger partial charge in [0.25, 0.3) is 5.91 Å². The van der Waals surface area contributed by atoms with E-state index in [2.05, 4.69) is 20.8 Å². The Morgan fingerprint density at radius 1 is 0.960 bits per heavy atom. The fraction of sp³-hybridized carbons (Fsp3) is 0.105. The van der Waals surface area contributed by atoms with Gasteiger partial charge < -0.3 is 10.6 Å². The number of benzene rings is 2. The van der Waals surface area contributed by atoms with E-state index in [1.807, 2.05) is 32.0 Å². The lowest BCUT2D eigenvalue weighted by molar-refractivity contribution is 0.102. The van der Waals surface area contributed by atoms with E-state index >= 15 is 0 Å². The Balaban J connectivity index is 1.72. The lowest BCUT2D eigenvalue weighted by Crippen LogP contribution is -2.16. The minimum absolute atomic E-state index is 0.201. The molecule has 25 heavy (non-hydrogen) atoms. The quantitative estimate of drug-likeness (QED) is 0.748. The Morgan fingerprint density at radius 2 is 1.68 bits per heavy atom. The first-order valence-electron chi connectivity index (χ1n) is 7.77. The molecule has 0 saturated heterocycles. The van der Waals surface area contributed by atoms with Crippen LogP contribution in [0.1, 0.15) is 21.6 Å². The highest BCUT2D eigenvalue weighted by Gasteiger charge is 2.11. The molecule has 2 N–H and O–H groups in total. The van der Waals surface area contributed by atoms with Crippen LogP contribution in [-0.2, 0) is 0 Å². The summed E-state index contributed by atoms with van der Waals surface area (Å²) >= 11 is 0. The van der Waals surface area contributed by atoms with Crippen LogP contribution in [0.15, 0.2) is 54.6 Å². The van der Waals surface area contributed by atoms with Crippen molar-refractivity contribution in [2.75, 3.05) is 10.6 Å². The van der Waals surface area contributed by atoms with Crippen LogP contribution in [0, 0.1) is 19.7 Å². The number of rotatable bonds is 4. The number of para-hydroxylation sites is 1. The van der Waals surface area contributed by atoms with E-state index in [1.54, 1.807) is 24.3 Å². The van der Waals surface area contributed by atoms with Crippen LogP contribution in [0.2, 0.25) is 0 Å². The maximum atomic E-state index is 13.2. The summed E-state index contributed by atoms with van der Waals surface area (Å²) in [6.07, 6.45) is 0. The van der Waals surface area contributed by atoms with Gasteiger partial charge in [0, 0.05) is 11.4 Å². The molecule has 0 aliphatic heterocycles. The number of hydrogen-bond donors (Lipinski definition) is 2. The van der Waals surface area contributed by atoms with Crippen molar-refractivity contribution in [3.05, 3.63) is 77.2 Å². The summed E-state index contributed by atoms with van der Waals surface area (Å²) in [4.78, 5) is 12.3. The van der Waals surface area contributed by atoms with Gasteiger partial charge >= 0.3 is 0 Å². The predicted octanol–water partition coefficient (Wildman–Crippen LogP) is 4.23. The summed E-state index contributed by atoms with van der Waals surface area (Å²) in [5.41, 5.74) is 3.49. The Labute approximate surface area is 144 Å². The average Bonchev–Trinajstić information content (AvgIpc) is 2.59. The van der Waals surface area contributed by atoms with Crippen LogP contribution in [0.5, 0.6) is 0 Å². The normalized spacial score (nSPS) is 10.4. The van der Waals surface area contributed by atoms with Crippen molar-refractivity contribution < 1.29 is 9.18 Å². The second-order valence-corrected chi connectivity index (χ2v) is 5.66. The molecule has 0 radical (unpaired) electrons. The van der Waals surface area contributed by atoms with Gasteiger partial charge in [-0.2, -0.15) is 0 Å². The maximum Gasteiger partial charge on any atom is 0.276 e. The van der Waals surface area contributed by atoms with Crippen LogP contribution in [0.3, 0.4) is 0 Å². The lowest BCUT2D eigenvalue weighted by atomic mass is 10.1. The van der Waals surface area contributed by atoms with Gasteiger partial charge in [0.1, 0.15) is 5.82 Å². The molecule has 0 saturated carbocycles. The van der Waals surface area contributed by atoms with E-state index in [-0.39, 0.29) is 17.4 Å². The molecule has 1 aromatic heterocycles. The molecule has 1 heterocycles. The number of hydrogen-bond acceptors (Lipinski definition) is 4. The number of halogens is 1. The molecule has 3 aromatic rings. The van der Waals surface area contributed by atoms with Crippen molar-refractivity contribution in [3.8, 4) is 0 Å². The average molecular weight is 336 g/mol. The number of amides is 1. The van der Waals surface area contributed by atoms with Crippen LogP contribution in [-0.4, -0.2) is 16.1 Å². The monoisotopic (exact) mass is 336 g/mol. The van der Waals surface area contributed by atoms with Crippen molar-refractivity contribution in [2.45, 2.75) is 13.8 Å². The molecular formula is C19H17FN4O. The molecule has 5 nitrogen and oxygen atoms in total. The van der Waals surface area contributed by atoms with E-state index in [4.69, 9.17) is 0 Å². The summed E-state index contributed by atoms with van der Waals surface area (Å²) in [6, 6.07) is 15.0. The van der Waals surface area contributed by atoms with Crippen molar-refractivity contribution in [3.63, 3.8) is 0 Å². The third-order valence-electron chi connectivity index (χ3n) is 3.71. The van der Waals surface area contributed by atoms with E-state index in [1.165, 1.54) is 12.1 Å². The molecule has 0 aliphatic rings. The third kappa shape index (κ3) is 3.98. The Bertz CT molecular complexity index is 889. The number of aryl methyl sites for hydroxylation is 2. The molecular weight excluding hydrogens is 319 g/mol. The zero-order valence-electron chi connectivity index (χ0n) is 13.9. The molecule has 0 aliphatic carbocycles. The van der Waals surface area contributed by atoms with E-state index in [9.17, 15) is 9.18 Å². The van der Waals surface area contributed by atoms with E-state index in [0.717, 1.165) is 16.8 Å². The Kier molecular flexibility index (Phi) is 4.70. The number of anilines is 3. The molecule has 0 spiro atoms. The SMILES string of the molecule is Cc1cccc(C)c1NC(=O)c1ccc(Nc2cccc(F)c2)nn1. The highest BCUT2D eigenvalue weighted by atomic mass is 19.1. The first-order chi connectivity index (χ1) is 12.0. The summed E-state index contributed by atoms with van der Waals surface area (Å²) in [7, 11) is 0. The fourth-order valence-corrected chi connectivity index (χ4v) is 2.42. The van der Waals surface area contributed by atoms with Gasteiger partial charge in [-0.1, -0.05) is 24.3 Å². The fourth-order valence-electron chi connectivity index (χ4n) is 2.42. The highest BCUT2D eigenvalue weighted by Crippen LogP contribution is 2.20. The van der Waals surface area contributed by atoms with Crippen molar-refractivity contribution in [2.24, 2.45) is 0 Å². The summed E-state index contributed by atoms with van der Waals surface area (Å²) in [5.74, 6) is -0.251.